The highest BCUT2D eigenvalue weighted by molar-refractivity contribution is 5.93. The van der Waals surface area contributed by atoms with Crippen LogP contribution in [0, 0.1) is 0 Å². The molecule has 6 heteroatoms. The molecule has 1 atom stereocenters. The minimum atomic E-state index is -0.119. The number of amides is 1. The molecule has 1 fully saturated rings. The minimum absolute atomic E-state index is 0.0165. The van der Waals surface area contributed by atoms with E-state index in [4.69, 9.17) is 14.2 Å². The molecular weight excluding hydrogens is 260 g/mol. The van der Waals surface area contributed by atoms with E-state index in [2.05, 4.69) is 10.6 Å². The molecule has 1 unspecified atom stereocenters. The Hall–Kier alpha value is -1.63. The molecule has 1 aromatic carbocycles. The molecule has 0 aromatic heterocycles. The fraction of sp³-hybridized carbons (Fsp3) is 0.500. The third-order valence-corrected chi connectivity index (χ3v) is 2.92. The van der Waals surface area contributed by atoms with Crippen molar-refractivity contribution < 1.29 is 19.0 Å². The fourth-order valence-electron chi connectivity index (χ4n) is 1.94. The van der Waals surface area contributed by atoms with Crippen LogP contribution in [0.25, 0.3) is 0 Å². The Balaban J connectivity index is 1.72. The van der Waals surface area contributed by atoms with Crippen molar-refractivity contribution >= 4 is 11.6 Å². The van der Waals surface area contributed by atoms with Gasteiger partial charge in [0.25, 0.3) is 0 Å². The summed E-state index contributed by atoms with van der Waals surface area (Å²) in [5.41, 5.74) is 0.666. The number of anilines is 1. The Morgan fingerprint density at radius 1 is 1.40 bits per heavy atom. The van der Waals surface area contributed by atoms with Crippen molar-refractivity contribution in [2.45, 2.75) is 6.10 Å². The summed E-state index contributed by atoms with van der Waals surface area (Å²) in [6.07, 6.45) is 0.0165. The molecule has 110 valence electrons. The van der Waals surface area contributed by atoms with E-state index in [-0.39, 0.29) is 18.6 Å². The zero-order chi connectivity index (χ0) is 14.2. The van der Waals surface area contributed by atoms with Crippen molar-refractivity contribution in [3.05, 3.63) is 24.3 Å². The van der Waals surface area contributed by atoms with Crippen LogP contribution < -0.4 is 15.4 Å². The van der Waals surface area contributed by atoms with Gasteiger partial charge in [0.2, 0.25) is 5.91 Å². The summed E-state index contributed by atoms with van der Waals surface area (Å²) in [6, 6.07) is 7.30. The molecule has 1 amide bonds. The van der Waals surface area contributed by atoms with Crippen molar-refractivity contribution in [2.75, 3.05) is 45.3 Å². The lowest BCUT2D eigenvalue weighted by Gasteiger charge is -2.23. The summed E-state index contributed by atoms with van der Waals surface area (Å²) >= 11 is 0. The SMILES string of the molecule is COc1ccccc1NC(=O)CNCC1COCCO1. The summed E-state index contributed by atoms with van der Waals surface area (Å²) < 4.78 is 15.9. The summed E-state index contributed by atoms with van der Waals surface area (Å²) in [6.45, 7) is 2.64. The van der Waals surface area contributed by atoms with Crippen molar-refractivity contribution in [3.63, 3.8) is 0 Å². The van der Waals surface area contributed by atoms with Crippen LogP contribution in [-0.2, 0) is 14.3 Å². The Morgan fingerprint density at radius 2 is 2.25 bits per heavy atom. The van der Waals surface area contributed by atoms with Crippen molar-refractivity contribution in [1.82, 2.24) is 5.32 Å². The number of carbonyl (C=O) groups is 1. The third kappa shape index (κ3) is 4.48. The second-order valence-electron chi connectivity index (χ2n) is 4.45. The number of methoxy groups -OCH3 is 1. The number of hydrogen-bond acceptors (Lipinski definition) is 5. The van der Waals surface area contributed by atoms with Gasteiger partial charge in [-0.2, -0.15) is 0 Å². The number of ether oxygens (including phenoxy) is 3. The van der Waals surface area contributed by atoms with Crippen LogP contribution in [0.3, 0.4) is 0 Å². The number of benzene rings is 1. The van der Waals surface area contributed by atoms with E-state index in [1.807, 2.05) is 12.1 Å². The first-order valence-corrected chi connectivity index (χ1v) is 6.62. The molecule has 1 aromatic rings. The van der Waals surface area contributed by atoms with Gasteiger partial charge < -0.3 is 24.8 Å². The maximum absolute atomic E-state index is 11.8. The third-order valence-electron chi connectivity index (χ3n) is 2.92. The summed E-state index contributed by atoms with van der Waals surface area (Å²) in [5, 5.41) is 5.86. The van der Waals surface area contributed by atoms with E-state index in [9.17, 15) is 4.79 Å². The monoisotopic (exact) mass is 280 g/mol. The van der Waals surface area contributed by atoms with E-state index < -0.39 is 0 Å². The molecule has 0 aliphatic carbocycles. The molecule has 1 aliphatic rings. The molecule has 0 bridgehead atoms. The molecule has 1 aliphatic heterocycles. The molecule has 20 heavy (non-hydrogen) atoms. The Bertz CT molecular complexity index is 433. The number of hydrogen-bond donors (Lipinski definition) is 2. The molecule has 6 nitrogen and oxygen atoms in total. The molecule has 0 spiro atoms. The number of nitrogens with one attached hydrogen (secondary N) is 2. The maximum Gasteiger partial charge on any atom is 0.238 e. The molecule has 2 rings (SSSR count). The van der Waals surface area contributed by atoms with E-state index >= 15 is 0 Å². The van der Waals surface area contributed by atoms with Crippen LogP contribution in [-0.4, -0.2) is 52.0 Å². The lowest BCUT2D eigenvalue weighted by Crippen LogP contribution is -2.40. The van der Waals surface area contributed by atoms with Crippen LogP contribution in [0.15, 0.2) is 24.3 Å². The number of para-hydroxylation sites is 2. The van der Waals surface area contributed by atoms with Crippen LogP contribution in [0.1, 0.15) is 0 Å². The fourth-order valence-corrected chi connectivity index (χ4v) is 1.94. The minimum Gasteiger partial charge on any atom is -0.495 e. The van der Waals surface area contributed by atoms with Gasteiger partial charge >= 0.3 is 0 Å². The zero-order valence-electron chi connectivity index (χ0n) is 11.6. The predicted molar refractivity (Wildman–Crippen MR) is 75.1 cm³/mol. The second kappa shape index (κ2) is 7.84. The number of rotatable bonds is 6. The van der Waals surface area contributed by atoms with Crippen molar-refractivity contribution in [1.29, 1.82) is 0 Å². The van der Waals surface area contributed by atoms with Crippen molar-refractivity contribution in [3.8, 4) is 5.75 Å². The zero-order valence-corrected chi connectivity index (χ0v) is 11.6. The van der Waals surface area contributed by atoms with Gasteiger partial charge in [0.1, 0.15) is 5.75 Å². The van der Waals surface area contributed by atoms with Gasteiger partial charge in [0.15, 0.2) is 0 Å². The van der Waals surface area contributed by atoms with Gasteiger partial charge in [-0.3, -0.25) is 4.79 Å². The van der Waals surface area contributed by atoms with Crippen LogP contribution in [0.4, 0.5) is 5.69 Å². The smallest absolute Gasteiger partial charge is 0.238 e. The van der Waals surface area contributed by atoms with Crippen LogP contribution in [0.2, 0.25) is 0 Å². The van der Waals surface area contributed by atoms with Crippen LogP contribution >= 0.6 is 0 Å². The van der Waals surface area contributed by atoms with Crippen LogP contribution in [0.5, 0.6) is 5.75 Å². The summed E-state index contributed by atoms with van der Waals surface area (Å²) in [5.74, 6) is 0.524. The lowest BCUT2D eigenvalue weighted by molar-refractivity contribution is -0.116. The molecule has 1 saturated heterocycles. The topological polar surface area (TPSA) is 68.8 Å². The van der Waals surface area contributed by atoms with Gasteiger partial charge in [0, 0.05) is 6.54 Å². The molecular formula is C14H20N2O4. The highest BCUT2D eigenvalue weighted by Crippen LogP contribution is 2.22. The predicted octanol–water partition coefficient (Wildman–Crippen LogP) is 0.639. The standard InChI is InChI=1S/C14H20N2O4/c1-18-13-5-3-2-4-12(13)16-14(17)9-15-8-11-10-19-6-7-20-11/h2-5,11,15H,6-10H2,1H3,(H,16,17). The van der Waals surface area contributed by atoms with Gasteiger partial charge in [-0.1, -0.05) is 12.1 Å². The van der Waals surface area contributed by atoms with E-state index in [1.165, 1.54) is 0 Å². The van der Waals surface area contributed by atoms with E-state index in [0.717, 1.165) is 0 Å². The Kier molecular flexibility index (Phi) is 5.79. The second-order valence-corrected chi connectivity index (χ2v) is 4.45. The molecule has 0 radical (unpaired) electrons. The lowest BCUT2D eigenvalue weighted by atomic mass is 10.3. The van der Waals surface area contributed by atoms with E-state index in [0.29, 0.717) is 37.8 Å². The Labute approximate surface area is 118 Å². The normalized spacial score (nSPS) is 18.6. The highest BCUT2D eigenvalue weighted by atomic mass is 16.6. The maximum atomic E-state index is 11.8. The van der Waals surface area contributed by atoms with Gasteiger partial charge in [-0.15, -0.1) is 0 Å². The first-order chi connectivity index (χ1) is 9.79. The van der Waals surface area contributed by atoms with E-state index in [1.54, 1.807) is 19.2 Å². The summed E-state index contributed by atoms with van der Waals surface area (Å²) in [7, 11) is 1.57. The van der Waals surface area contributed by atoms with Crippen molar-refractivity contribution in [2.24, 2.45) is 0 Å². The van der Waals surface area contributed by atoms with Gasteiger partial charge in [-0.25, -0.2) is 0 Å². The molecule has 2 N–H and O–H groups in total. The average Bonchev–Trinajstić information content (AvgIpc) is 2.49. The van der Waals surface area contributed by atoms with Gasteiger partial charge in [0.05, 0.1) is 45.3 Å². The quantitative estimate of drug-likeness (QED) is 0.800. The molecule has 1 heterocycles. The molecule has 0 saturated carbocycles. The Morgan fingerprint density at radius 3 is 3.00 bits per heavy atom. The average molecular weight is 280 g/mol. The van der Waals surface area contributed by atoms with Gasteiger partial charge in [-0.05, 0) is 12.1 Å². The summed E-state index contributed by atoms with van der Waals surface area (Å²) in [4.78, 5) is 11.8. The largest absolute Gasteiger partial charge is 0.495 e. The first kappa shape index (κ1) is 14.8. The number of carbonyl (C=O) groups excluding carboxylic acids is 1. The highest BCUT2D eigenvalue weighted by Gasteiger charge is 2.14. The first-order valence-electron chi connectivity index (χ1n) is 6.62.